The topological polar surface area (TPSA) is 20.3 Å². The second kappa shape index (κ2) is 8.30. The van der Waals surface area contributed by atoms with Gasteiger partial charge in [0.1, 0.15) is 0 Å². The van der Waals surface area contributed by atoms with Crippen LogP contribution in [0, 0.1) is 24.2 Å². The van der Waals surface area contributed by atoms with E-state index in [-0.39, 0.29) is 11.5 Å². The molecule has 0 aromatic heterocycles. The maximum absolute atomic E-state index is 13.7. The van der Waals surface area contributed by atoms with Gasteiger partial charge in [-0.25, -0.2) is 0 Å². The number of hydrogen-bond acceptors (Lipinski definition) is 1. The molecule has 0 radical (unpaired) electrons. The van der Waals surface area contributed by atoms with Crippen molar-refractivity contribution in [1.29, 1.82) is 0 Å². The number of allylic oxidation sites excluding steroid dienone is 3. The molecule has 1 spiro atoms. The van der Waals surface area contributed by atoms with Gasteiger partial charge in [-0.05, 0) is 66.8 Å². The summed E-state index contributed by atoms with van der Waals surface area (Å²) in [6.07, 6.45) is 12.0. The Kier molecular flexibility index (Phi) is 6.05. The van der Waals surface area contributed by atoms with Gasteiger partial charge in [0, 0.05) is 18.5 Å². The minimum absolute atomic E-state index is 0.0596. The van der Waals surface area contributed by atoms with Crippen LogP contribution >= 0.6 is 15.9 Å². The predicted molar refractivity (Wildman–Crippen MR) is 129 cm³/mol. The number of halogens is 1. The first kappa shape index (κ1) is 21.9. The van der Waals surface area contributed by atoms with Crippen molar-refractivity contribution >= 4 is 21.8 Å². The average Bonchev–Trinajstić information content (AvgIpc) is 3.23. The van der Waals surface area contributed by atoms with Crippen molar-refractivity contribution in [2.45, 2.75) is 78.2 Å². The Labute approximate surface area is 190 Å². The van der Waals surface area contributed by atoms with Crippen LogP contribution in [0.2, 0.25) is 0 Å². The molecule has 2 nitrogen and oxygen atoms in total. The maximum atomic E-state index is 13.7. The van der Waals surface area contributed by atoms with Gasteiger partial charge in [-0.3, -0.25) is 4.79 Å². The first-order valence-electron chi connectivity index (χ1n) is 11.6. The van der Waals surface area contributed by atoms with Crippen LogP contribution in [0.15, 0.2) is 46.5 Å². The van der Waals surface area contributed by atoms with Crippen LogP contribution in [0.3, 0.4) is 0 Å². The number of carbonyl (C=O) groups is 1. The summed E-state index contributed by atoms with van der Waals surface area (Å²) in [5.74, 6) is 1.21. The Balaban J connectivity index is 1.54. The lowest BCUT2D eigenvalue weighted by Crippen LogP contribution is -2.49. The van der Waals surface area contributed by atoms with E-state index in [1.54, 1.807) is 0 Å². The van der Waals surface area contributed by atoms with E-state index in [1.165, 1.54) is 34.0 Å². The number of benzene rings is 1. The quantitative estimate of drug-likeness (QED) is 0.465. The molecule has 1 aliphatic heterocycles. The fourth-order valence-corrected chi connectivity index (χ4v) is 6.33. The van der Waals surface area contributed by atoms with E-state index in [4.69, 9.17) is 0 Å². The number of aryl methyl sites for hydroxylation is 1. The molecular formula is C27H36BrNO. The van der Waals surface area contributed by atoms with Crippen molar-refractivity contribution in [3.8, 4) is 0 Å². The largest absolute Gasteiger partial charge is 0.336 e. The first-order chi connectivity index (χ1) is 14.2. The summed E-state index contributed by atoms with van der Waals surface area (Å²) in [7, 11) is 0. The summed E-state index contributed by atoms with van der Waals surface area (Å²) >= 11 is 3.63. The third-order valence-corrected chi connectivity index (χ3v) is 8.45. The van der Waals surface area contributed by atoms with Crippen LogP contribution in [0.4, 0.5) is 0 Å². The second-order valence-corrected chi connectivity index (χ2v) is 11.9. The minimum atomic E-state index is 0.0596. The fourth-order valence-electron chi connectivity index (χ4n) is 5.88. The summed E-state index contributed by atoms with van der Waals surface area (Å²) in [6, 6.07) is 8.80. The molecule has 3 aliphatic rings. The molecule has 1 heterocycles. The molecule has 3 heteroatoms. The first-order valence-corrected chi connectivity index (χ1v) is 12.4. The van der Waals surface area contributed by atoms with Gasteiger partial charge in [0.15, 0.2) is 0 Å². The highest BCUT2D eigenvalue weighted by molar-refractivity contribution is 9.11. The van der Waals surface area contributed by atoms with E-state index in [0.717, 1.165) is 44.6 Å². The van der Waals surface area contributed by atoms with Gasteiger partial charge in [0.25, 0.3) is 0 Å². The van der Waals surface area contributed by atoms with Crippen LogP contribution < -0.4 is 0 Å². The van der Waals surface area contributed by atoms with Crippen molar-refractivity contribution in [3.63, 3.8) is 0 Å². The number of likely N-dealkylation sites (tertiary alicyclic amines) is 1. The molecule has 2 fully saturated rings. The summed E-state index contributed by atoms with van der Waals surface area (Å²) in [6.45, 7) is 10.1. The second-order valence-electron chi connectivity index (χ2n) is 10.9. The van der Waals surface area contributed by atoms with Gasteiger partial charge in [0.2, 0.25) is 5.91 Å². The van der Waals surface area contributed by atoms with Crippen molar-refractivity contribution in [3.05, 3.63) is 57.6 Å². The van der Waals surface area contributed by atoms with Crippen LogP contribution in [-0.4, -0.2) is 22.9 Å². The zero-order valence-corrected chi connectivity index (χ0v) is 20.6. The van der Waals surface area contributed by atoms with E-state index in [1.807, 2.05) is 0 Å². The van der Waals surface area contributed by atoms with Crippen molar-refractivity contribution in [1.82, 2.24) is 4.90 Å². The highest BCUT2D eigenvalue weighted by atomic mass is 79.9. The average molecular weight is 470 g/mol. The molecule has 1 amide bonds. The monoisotopic (exact) mass is 469 g/mol. The lowest BCUT2D eigenvalue weighted by atomic mass is 9.66. The highest BCUT2D eigenvalue weighted by Gasteiger charge is 2.53. The van der Waals surface area contributed by atoms with E-state index in [9.17, 15) is 4.79 Å². The smallest absolute Gasteiger partial charge is 0.230 e. The number of nitrogens with zero attached hydrogens (tertiary/aromatic N) is 1. The SMILES string of the molecule is Cc1ccc(CCN2C(=O)C(C3=CC=C(Br)C3)CC23CCC(C(C)(C)C)CC3)cc1. The van der Waals surface area contributed by atoms with E-state index >= 15 is 0 Å². The zero-order valence-electron chi connectivity index (χ0n) is 19.0. The van der Waals surface area contributed by atoms with Crippen molar-refractivity contribution in [2.24, 2.45) is 17.3 Å². The van der Waals surface area contributed by atoms with Gasteiger partial charge in [-0.1, -0.05) is 84.3 Å². The van der Waals surface area contributed by atoms with Crippen LogP contribution in [0.5, 0.6) is 0 Å². The summed E-state index contributed by atoms with van der Waals surface area (Å²) in [5, 5.41) is 0. The Morgan fingerprint density at radius 3 is 2.33 bits per heavy atom. The molecule has 1 aromatic rings. The van der Waals surface area contributed by atoms with Crippen molar-refractivity contribution in [2.75, 3.05) is 6.54 Å². The van der Waals surface area contributed by atoms with Crippen LogP contribution in [-0.2, 0) is 11.2 Å². The van der Waals surface area contributed by atoms with E-state index in [0.29, 0.717) is 11.3 Å². The Morgan fingerprint density at radius 2 is 1.77 bits per heavy atom. The maximum Gasteiger partial charge on any atom is 0.230 e. The third-order valence-electron chi connectivity index (χ3n) is 7.91. The molecule has 1 unspecified atom stereocenters. The summed E-state index contributed by atoms with van der Waals surface area (Å²) < 4.78 is 1.20. The number of carbonyl (C=O) groups excluding carboxylic acids is 1. The van der Waals surface area contributed by atoms with Crippen molar-refractivity contribution < 1.29 is 4.79 Å². The predicted octanol–water partition coefficient (Wildman–Crippen LogP) is 6.97. The Hall–Kier alpha value is -1.35. The van der Waals surface area contributed by atoms with E-state index < -0.39 is 0 Å². The highest BCUT2D eigenvalue weighted by Crippen LogP contribution is 2.51. The fraction of sp³-hybridized carbons (Fsp3) is 0.593. The summed E-state index contributed by atoms with van der Waals surface area (Å²) in [5.41, 5.74) is 4.35. The molecule has 2 aliphatic carbocycles. The number of amides is 1. The lowest BCUT2D eigenvalue weighted by molar-refractivity contribution is -0.134. The molecule has 1 atom stereocenters. The summed E-state index contributed by atoms with van der Waals surface area (Å²) in [4.78, 5) is 16.0. The normalized spacial score (nSPS) is 29.5. The molecule has 1 saturated carbocycles. The van der Waals surface area contributed by atoms with E-state index in [2.05, 4.69) is 84.9 Å². The molecule has 1 saturated heterocycles. The number of rotatable bonds is 4. The Bertz CT molecular complexity index is 850. The van der Waals surface area contributed by atoms with Gasteiger partial charge in [-0.15, -0.1) is 0 Å². The van der Waals surface area contributed by atoms with Gasteiger partial charge in [-0.2, -0.15) is 0 Å². The third kappa shape index (κ3) is 4.33. The van der Waals surface area contributed by atoms with Gasteiger partial charge < -0.3 is 4.90 Å². The van der Waals surface area contributed by atoms with Gasteiger partial charge >= 0.3 is 0 Å². The molecule has 0 bridgehead atoms. The minimum Gasteiger partial charge on any atom is -0.336 e. The van der Waals surface area contributed by atoms with Gasteiger partial charge in [0.05, 0.1) is 5.92 Å². The zero-order chi connectivity index (χ0) is 21.5. The molecule has 0 N–H and O–H groups in total. The van der Waals surface area contributed by atoms with Crippen LogP contribution in [0.1, 0.15) is 70.4 Å². The molecule has 162 valence electrons. The standard InChI is InChI=1S/C27H36BrNO/c1-19-5-7-20(8-6-19)13-16-29-25(30)24(21-9-10-23(28)17-21)18-27(29)14-11-22(12-15-27)26(2,3)4/h5-10,22,24H,11-18H2,1-4H3. The van der Waals surface area contributed by atoms with Crippen LogP contribution in [0.25, 0.3) is 0 Å². The lowest BCUT2D eigenvalue weighted by Gasteiger charge is -2.46. The molecular weight excluding hydrogens is 434 g/mol. The molecule has 4 rings (SSSR count). The molecule has 30 heavy (non-hydrogen) atoms. The number of hydrogen-bond donors (Lipinski definition) is 0. The Morgan fingerprint density at radius 1 is 1.10 bits per heavy atom. The molecule has 1 aromatic carbocycles.